The summed E-state index contributed by atoms with van der Waals surface area (Å²) < 4.78 is 14.6. The van der Waals surface area contributed by atoms with E-state index in [2.05, 4.69) is 4.74 Å². The molecule has 0 saturated carbocycles. The Morgan fingerprint density at radius 1 is 1.13 bits per heavy atom. The third kappa shape index (κ3) is 3.26. The molecule has 0 aromatic rings. The van der Waals surface area contributed by atoms with Gasteiger partial charge in [-0.25, -0.2) is 4.79 Å². The van der Waals surface area contributed by atoms with Gasteiger partial charge in [0.2, 0.25) is 12.0 Å². The number of cyclic esters (lactones) is 1. The van der Waals surface area contributed by atoms with E-state index in [1.54, 1.807) is 0 Å². The van der Waals surface area contributed by atoms with E-state index >= 15 is 0 Å². The third-order valence-corrected chi connectivity index (χ3v) is 3.54. The van der Waals surface area contributed by atoms with Crippen molar-refractivity contribution in [2.45, 2.75) is 42.9 Å². The van der Waals surface area contributed by atoms with Crippen LogP contribution in [0.15, 0.2) is 11.5 Å². The Kier molecular flexibility index (Phi) is 5.41. The molecule has 11 nitrogen and oxygen atoms in total. The van der Waals surface area contributed by atoms with Crippen LogP contribution in [0.5, 0.6) is 0 Å². The highest BCUT2D eigenvalue weighted by molar-refractivity contribution is 5.89. The first-order valence-corrected chi connectivity index (χ1v) is 6.72. The lowest BCUT2D eigenvalue weighted by molar-refractivity contribution is -0.291. The minimum absolute atomic E-state index is 0.702. The molecule has 7 atom stereocenters. The highest BCUT2D eigenvalue weighted by Crippen LogP contribution is 2.29. The quantitative estimate of drug-likeness (QED) is 0.241. The van der Waals surface area contributed by atoms with Gasteiger partial charge < -0.3 is 50.0 Å². The van der Waals surface area contributed by atoms with Gasteiger partial charge in [0.05, 0.1) is 13.2 Å². The van der Waals surface area contributed by atoms with Gasteiger partial charge in [0.1, 0.15) is 30.5 Å². The molecule has 7 N–H and O–H groups in total. The standard InChI is InChI=1S/C12H18O11/c13-1-3(15)9-8(19)10(11(20)22-9)23-12-7(18)6(17)5(16)4(2-14)21-12/h3-7,9,12-19H,1-2H2/t3?,4-,5-,6+,7-,9?,12+/m1/s1. The number of esters is 1. The molecule has 2 heterocycles. The van der Waals surface area contributed by atoms with E-state index in [0.717, 1.165) is 0 Å². The zero-order valence-corrected chi connectivity index (χ0v) is 11.7. The number of aliphatic hydroxyl groups is 7. The Balaban J connectivity index is 2.16. The second-order valence-corrected chi connectivity index (χ2v) is 5.11. The number of carbonyl (C=O) groups is 1. The molecule has 132 valence electrons. The molecule has 0 amide bonds. The Hall–Kier alpha value is -1.47. The molecule has 0 bridgehead atoms. The van der Waals surface area contributed by atoms with Gasteiger partial charge in [0.15, 0.2) is 11.9 Å². The molecule has 0 aromatic heterocycles. The number of hydrogen-bond acceptors (Lipinski definition) is 11. The van der Waals surface area contributed by atoms with Crippen molar-refractivity contribution in [2.24, 2.45) is 0 Å². The zero-order valence-electron chi connectivity index (χ0n) is 11.7. The summed E-state index contributed by atoms with van der Waals surface area (Å²) >= 11 is 0. The number of ether oxygens (including phenoxy) is 3. The summed E-state index contributed by atoms with van der Waals surface area (Å²) in [6.07, 6.45) is -11.2. The van der Waals surface area contributed by atoms with Crippen LogP contribution in [0, 0.1) is 0 Å². The summed E-state index contributed by atoms with van der Waals surface area (Å²) in [5, 5.41) is 66.1. The van der Waals surface area contributed by atoms with E-state index in [1.807, 2.05) is 0 Å². The second kappa shape index (κ2) is 6.97. The average Bonchev–Trinajstić information content (AvgIpc) is 2.82. The fourth-order valence-corrected chi connectivity index (χ4v) is 2.20. The van der Waals surface area contributed by atoms with Gasteiger partial charge in [-0.15, -0.1) is 0 Å². The smallest absolute Gasteiger partial charge is 0.378 e. The van der Waals surface area contributed by atoms with Crippen LogP contribution in [-0.2, 0) is 19.0 Å². The SMILES string of the molecule is O=C1OC(C(O)CO)C(O)=C1O[C@@H]1O[C@H](CO)[C@@H](O)[C@H](O)[C@H]1O. The molecule has 2 aliphatic rings. The van der Waals surface area contributed by atoms with Crippen LogP contribution in [0.3, 0.4) is 0 Å². The lowest BCUT2D eigenvalue weighted by Gasteiger charge is -2.39. The molecule has 11 heteroatoms. The highest BCUT2D eigenvalue weighted by Gasteiger charge is 2.48. The maximum Gasteiger partial charge on any atom is 0.378 e. The number of aliphatic hydroxyl groups excluding tert-OH is 7. The first-order valence-electron chi connectivity index (χ1n) is 6.72. The lowest BCUT2D eigenvalue weighted by atomic mass is 9.99. The predicted octanol–water partition coefficient (Wildman–Crippen LogP) is -4.15. The van der Waals surface area contributed by atoms with Crippen LogP contribution in [0.1, 0.15) is 0 Å². The molecular weight excluding hydrogens is 320 g/mol. The monoisotopic (exact) mass is 338 g/mol. The van der Waals surface area contributed by atoms with E-state index in [-0.39, 0.29) is 0 Å². The zero-order chi connectivity index (χ0) is 17.3. The summed E-state index contributed by atoms with van der Waals surface area (Å²) in [5.41, 5.74) is 0. The maximum absolute atomic E-state index is 11.6. The Morgan fingerprint density at radius 3 is 2.35 bits per heavy atom. The summed E-state index contributed by atoms with van der Waals surface area (Å²) in [6.45, 7) is -1.50. The van der Waals surface area contributed by atoms with E-state index in [1.165, 1.54) is 0 Å². The lowest BCUT2D eigenvalue weighted by Crippen LogP contribution is -2.59. The van der Waals surface area contributed by atoms with Gasteiger partial charge in [-0.2, -0.15) is 0 Å². The van der Waals surface area contributed by atoms with Crippen molar-refractivity contribution >= 4 is 5.97 Å². The number of rotatable bonds is 5. The van der Waals surface area contributed by atoms with Gasteiger partial charge in [-0.3, -0.25) is 0 Å². The van der Waals surface area contributed by atoms with Crippen molar-refractivity contribution < 1.29 is 54.8 Å². The summed E-state index contributed by atoms with van der Waals surface area (Å²) in [6, 6.07) is 0. The van der Waals surface area contributed by atoms with E-state index in [9.17, 15) is 30.3 Å². The van der Waals surface area contributed by atoms with Crippen LogP contribution >= 0.6 is 0 Å². The van der Waals surface area contributed by atoms with Crippen molar-refractivity contribution in [1.29, 1.82) is 0 Å². The van der Waals surface area contributed by atoms with Crippen LogP contribution in [0.25, 0.3) is 0 Å². The predicted molar refractivity (Wildman–Crippen MR) is 67.5 cm³/mol. The number of hydrogen-bond donors (Lipinski definition) is 7. The Labute approximate surface area is 129 Å². The molecular formula is C12H18O11. The van der Waals surface area contributed by atoms with Crippen molar-refractivity contribution in [3.63, 3.8) is 0 Å². The fourth-order valence-electron chi connectivity index (χ4n) is 2.20. The molecule has 0 spiro atoms. The van der Waals surface area contributed by atoms with E-state index in [4.69, 9.17) is 19.7 Å². The molecule has 0 radical (unpaired) electrons. The van der Waals surface area contributed by atoms with Crippen molar-refractivity contribution in [1.82, 2.24) is 0 Å². The number of carbonyl (C=O) groups excluding carboxylic acids is 1. The van der Waals surface area contributed by atoms with Crippen LogP contribution in [0.4, 0.5) is 0 Å². The molecule has 1 saturated heterocycles. The van der Waals surface area contributed by atoms with Crippen molar-refractivity contribution in [2.75, 3.05) is 13.2 Å². The summed E-state index contributed by atoms with van der Waals surface area (Å²) in [5.74, 6) is -2.79. The molecule has 2 aliphatic heterocycles. The highest BCUT2D eigenvalue weighted by atomic mass is 16.7. The summed E-state index contributed by atoms with van der Waals surface area (Å²) in [7, 11) is 0. The average molecular weight is 338 g/mol. The minimum Gasteiger partial charge on any atom is -0.505 e. The maximum atomic E-state index is 11.6. The first kappa shape index (κ1) is 17.9. The molecule has 0 aromatic carbocycles. The van der Waals surface area contributed by atoms with E-state index < -0.39 is 73.6 Å². The van der Waals surface area contributed by atoms with Gasteiger partial charge >= 0.3 is 5.97 Å². The largest absolute Gasteiger partial charge is 0.505 e. The van der Waals surface area contributed by atoms with E-state index in [0.29, 0.717) is 0 Å². The van der Waals surface area contributed by atoms with Crippen molar-refractivity contribution in [3.05, 3.63) is 11.5 Å². The van der Waals surface area contributed by atoms with Crippen molar-refractivity contribution in [3.8, 4) is 0 Å². The van der Waals surface area contributed by atoms with Crippen LogP contribution in [-0.4, -0.2) is 97.8 Å². The van der Waals surface area contributed by atoms with Gasteiger partial charge in [-0.1, -0.05) is 0 Å². The topological polar surface area (TPSA) is 186 Å². The fraction of sp³-hybridized carbons (Fsp3) is 0.750. The Bertz CT molecular complexity index is 476. The molecule has 2 rings (SSSR count). The molecule has 1 fully saturated rings. The molecule has 23 heavy (non-hydrogen) atoms. The Morgan fingerprint density at radius 2 is 1.78 bits per heavy atom. The van der Waals surface area contributed by atoms with Gasteiger partial charge in [-0.05, 0) is 0 Å². The minimum atomic E-state index is -1.79. The van der Waals surface area contributed by atoms with Gasteiger partial charge in [0.25, 0.3) is 0 Å². The van der Waals surface area contributed by atoms with Crippen LogP contribution in [0.2, 0.25) is 0 Å². The normalized spacial score (nSPS) is 39.3. The summed E-state index contributed by atoms with van der Waals surface area (Å²) in [4.78, 5) is 11.6. The molecule has 0 aliphatic carbocycles. The first-order chi connectivity index (χ1) is 10.8. The van der Waals surface area contributed by atoms with Gasteiger partial charge in [0, 0.05) is 0 Å². The second-order valence-electron chi connectivity index (χ2n) is 5.11. The molecule has 2 unspecified atom stereocenters. The third-order valence-electron chi connectivity index (χ3n) is 3.54. The van der Waals surface area contributed by atoms with Crippen LogP contribution < -0.4 is 0 Å².